The van der Waals surface area contributed by atoms with Crippen LogP contribution in [0, 0.1) is 5.92 Å². The van der Waals surface area contributed by atoms with Crippen molar-refractivity contribution in [2.24, 2.45) is 5.92 Å². The maximum atomic E-state index is 13.3. The fraction of sp³-hybridized carbons (Fsp3) is 0.455. The van der Waals surface area contributed by atoms with Crippen LogP contribution in [0.2, 0.25) is 0 Å². The van der Waals surface area contributed by atoms with Crippen LogP contribution in [0.1, 0.15) is 31.1 Å². The van der Waals surface area contributed by atoms with E-state index in [0.717, 1.165) is 17.8 Å². The van der Waals surface area contributed by atoms with Crippen LogP contribution in [0.5, 0.6) is 0 Å². The van der Waals surface area contributed by atoms with Gasteiger partial charge in [-0.2, -0.15) is 0 Å². The van der Waals surface area contributed by atoms with Gasteiger partial charge in [0.25, 0.3) is 0 Å². The molecule has 1 aliphatic heterocycles. The van der Waals surface area contributed by atoms with Gasteiger partial charge in [0.15, 0.2) is 0 Å². The van der Waals surface area contributed by atoms with Crippen LogP contribution < -0.4 is 0 Å². The number of hydrogen-bond donors (Lipinski definition) is 0. The fourth-order valence-corrected chi connectivity index (χ4v) is 3.80. The average molecular weight is 383 g/mol. The van der Waals surface area contributed by atoms with Crippen molar-refractivity contribution in [2.45, 2.75) is 26.4 Å². The minimum absolute atomic E-state index is 0.00896. The summed E-state index contributed by atoms with van der Waals surface area (Å²) in [5.41, 5.74) is 2.18. The molecule has 2 aromatic rings. The van der Waals surface area contributed by atoms with E-state index in [2.05, 4.69) is 29.0 Å². The predicted octanol–water partition coefficient (Wildman–Crippen LogP) is 2.55. The van der Waals surface area contributed by atoms with Crippen molar-refractivity contribution in [1.82, 2.24) is 14.4 Å². The molecule has 0 unspecified atom stereocenters. The van der Waals surface area contributed by atoms with Gasteiger partial charge in [0, 0.05) is 38.6 Å². The highest BCUT2D eigenvalue weighted by atomic mass is 16.5. The first-order valence-electron chi connectivity index (χ1n) is 9.77. The summed E-state index contributed by atoms with van der Waals surface area (Å²) in [7, 11) is 1.50. The van der Waals surface area contributed by atoms with Crippen LogP contribution >= 0.6 is 0 Å². The number of ether oxygens (including phenoxy) is 1. The second-order valence-corrected chi connectivity index (χ2v) is 7.63. The molecular formula is C22H29N3O3. The summed E-state index contributed by atoms with van der Waals surface area (Å²) in [6.45, 7) is 6.06. The molecule has 0 radical (unpaired) electrons. The maximum absolute atomic E-state index is 13.3. The minimum Gasteiger partial charge on any atom is -0.375 e. The van der Waals surface area contributed by atoms with Gasteiger partial charge in [0.1, 0.15) is 6.61 Å². The third-order valence-electron chi connectivity index (χ3n) is 5.01. The molecule has 0 saturated carbocycles. The number of carbonyl (C=O) groups excluding carboxylic acids is 2. The Morgan fingerprint density at radius 1 is 1.14 bits per heavy atom. The fourth-order valence-electron chi connectivity index (χ4n) is 3.80. The van der Waals surface area contributed by atoms with Crippen molar-refractivity contribution in [1.29, 1.82) is 0 Å². The van der Waals surface area contributed by atoms with Crippen molar-refractivity contribution in [3.63, 3.8) is 0 Å². The van der Waals surface area contributed by atoms with E-state index in [1.165, 1.54) is 7.11 Å². The molecule has 0 spiro atoms. The van der Waals surface area contributed by atoms with E-state index in [1.807, 2.05) is 43.0 Å². The van der Waals surface area contributed by atoms with E-state index in [0.29, 0.717) is 13.1 Å². The van der Waals surface area contributed by atoms with Gasteiger partial charge in [-0.15, -0.1) is 0 Å². The van der Waals surface area contributed by atoms with Gasteiger partial charge in [-0.05, 0) is 23.6 Å². The lowest BCUT2D eigenvalue weighted by molar-refractivity contribution is -0.144. The number of methoxy groups -OCH3 is 1. The number of aromatic nitrogens is 1. The Kier molecular flexibility index (Phi) is 6.52. The van der Waals surface area contributed by atoms with Crippen molar-refractivity contribution < 1.29 is 14.3 Å². The molecule has 0 saturated heterocycles. The molecule has 28 heavy (non-hydrogen) atoms. The number of fused-ring (bicyclic) bond motifs is 1. The van der Waals surface area contributed by atoms with Crippen LogP contribution in [0.4, 0.5) is 0 Å². The first-order chi connectivity index (χ1) is 13.5. The molecule has 1 aromatic carbocycles. The molecule has 3 rings (SSSR count). The van der Waals surface area contributed by atoms with Gasteiger partial charge >= 0.3 is 0 Å². The highest BCUT2D eigenvalue weighted by molar-refractivity contribution is 5.86. The van der Waals surface area contributed by atoms with E-state index >= 15 is 0 Å². The second-order valence-electron chi connectivity index (χ2n) is 7.63. The van der Waals surface area contributed by atoms with E-state index in [4.69, 9.17) is 4.74 Å². The van der Waals surface area contributed by atoms with Crippen molar-refractivity contribution in [3.05, 3.63) is 59.9 Å². The second kappa shape index (κ2) is 9.06. The summed E-state index contributed by atoms with van der Waals surface area (Å²) < 4.78 is 7.20. The standard InChI is InChI=1S/C22H29N3O3/c1-17(2)14-24(21(27)16-28-3)15-20(26)25-13-12-23-11-7-10-19(23)22(25)18-8-5-4-6-9-18/h4-11,17,22H,12-16H2,1-3H3/t22-/m0/s1. The number of hydrogen-bond acceptors (Lipinski definition) is 3. The lowest BCUT2D eigenvalue weighted by atomic mass is 10.00. The van der Waals surface area contributed by atoms with E-state index in [-0.39, 0.29) is 36.9 Å². The van der Waals surface area contributed by atoms with Gasteiger partial charge in [-0.3, -0.25) is 9.59 Å². The average Bonchev–Trinajstić information content (AvgIpc) is 3.16. The summed E-state index contributed by atoms with van der Waals surface area (Å²) in [4.78, 5) is 29.2. The zero-order valence-corrected chi connectivity index (χ0v) is 16.9. The number of benzene rings is 1. The van der Waals surface area contributed by atoms with Crippen molar-refractivity contribution in [2.75, 3.05) is 33.4 Å². The zero-order valence-electron chi connectivity index (χ0n) is 16.9. The van der Waals surface area contributed by atoms with Crippen LogP contribution in [-0.4, -0.2) is 59.5 Å². The summed E-state index contributed by atoms with van der Waals surface area (Å²) >= 11 is 0. The molecule has 0 bridgehead atoms. The molecule has 1 atom stereocenters. The minimum atomic E-state index is -0.152. The molecule has 2 heterocycles. The van der Waals surface area contributed by atoms with Crippen LogP contribution in [-0.2, 0) is 20.9 Å². The quantitative estimate of drug-likeness (QED) is 0.738. The highest BCUT2D eigenvalue weighted by Gasteiger charge is 2.33. The molecule has 1 aliphatic rings. The van der Waals surface area contributed by atoms with Gasteiger partial charge in [0.05, 0.1) is 12.6 Å². The first-order valence-corrected chi connectivity index (χ1v) is 9.77. The Balaban J connectivity index is 1.85. The molecule has 6 heteroatoms. The van der Waals surface area contributed by atoms with Crippen LogP contribution in [0.15, 0.2) is 48.7 Å². The van der Waals surface area contributed by atoms with E-state index < -0.39 is 0 Å². The number of carbonyl (C=O) groups is 2. The van der Waals surface area contributed by atoms with E-state index in [1.54, 1.807) is 4.90 Å². The smallest absolute Gasteiger partial charge is 0.249 e. The largest absolute Gasteiger partial charge is 0.375 e. The monoisotopic (exact) mass is 383 g/mol. The molecule has 0 N–H and O–H groups in total. The SMILES string of the molecule is COCC(=O)N(CC(=O)N1CCn2cccc2[C@@H]1c1ccccc1)CC(C)C. The maximum Gasteiger partial charge on any atom is 0.249 e. The Morgan fingerprint density at radius 2 is 1.89 bits per heavy atom. The third-order valence-corrected chi connectivity index (χ3v) is 5.01. The zero-order chi connectivity index (χ0) is 20.1. The Hall–Kier alpha value is -2.60. The number of amides is 2. The van der Waals surface area contributed by atoms with Gasteiger partial charge < -0.3 is 19.1 Å². The molecule has 2 amide bonds. The summed E-state index contributed by atoms with van der Waals surface area (Å²) in [6, 6.07) is 14.0. The lowest BCUT2D eigenvalue weighted by Crippen LogP contribution is -2.49. The van der Waals surface area contributed by atoms with Gasteiger partial charge in [-0.1, -0.05) is 44.2 Å². The Bertz CT molecular complexity index is 800. The molecule has 6 nitrogen and oxygen atoms in total. The molecule has 150 valence electrons. The summed E-state index contributed by atoms with van der Waals surface area (Å²) in [6.07, 6.45) is 2.06. The van der Waals surface area contributed by atoms with Gasteiger partial charge in [-0.25, -0.2) is 0 Å². The normalized spacial score (nSPS) is 16.1. The number of nitrogens with zero attached hydrogens (tertiary/aromatic N) is 3. The third kappa shape index (κ3) is 4.44. The molecule has 1 aromatic heterocycles. The first kappa shape index (κ1) is 20.1. The van der Waals surface area contributed by atoms with Crippen LogP contribution in [0.25, 0.3) is 0 Å². The van der Waals surface area contributed by atoms with Crippen LogP contribution in [0.3, 0.4) is 0 Å². The predicted molar refractivity (Wildman–Crippen MR) is 108 cm³/mol. The Morgan fingerprint density at radius 3 is 2.57 bits per heavy atom. The topological polar surface area (TPSA) is 54.8 Å². The summed E-state index contributed by atoms with van der Waals surface area (Å²) in [5, 5.41) is 0. The lowest BCUT2D eigenvalue weighted by Gasteiger charge is -2.38. The molecular weight excluding hydrogens is 354 g/mol. The van der Waals surface area contributed by atoms with E-state index in [9.17, 15) is 9.59 Å². The van der Waals surface area contributed by atoms with Crippen molar-refractivity contribution >= 4 is 11.8 Å². The van der Waals surface area contributed by atoms with Crippen molar-refractivity contribution in [3.8, 4) is 0 Å². The molecule has 0 fully saturated rings. The number of rotatable bonds is 7. The Labute approximate surface area is 166 Å². The molecule has 0 aliphatic carbocycles. The highest BCUT2D eigenvalue weighted by Crippen LogP contribution is 2.32. The summed E-state index contributed by atoms with van der Waals surface area (Å²) in [5.74, 6) is 0.0877. The van der Waals surface area contributed by atoms with Gasteiger partial charge in [0.2, 0.25) is 11.8 Å².